The Bertz CT molecular complexity index is 563. The molecular weight excluding hydrogens is 312 g/mol. The van der Waals surface area contributed by atoms with E-state index in [1.807, 2.05) is 0 Å². The van der Waals surface area contributed by atoms with E-state index in [9.17, 15) is 29.4 Å². The molecule has 1 rings (SSSR count). The molecule has 1 unspecified atom stereocenters. The molecule has 4 N–H and O–H groups in total. The summed E-state index contributed by atoms with van der Waals surface area (Å²) >= 11 is 0. The van der Waals surface area contributed by atoms with Gasteiger partial charge in [-0.3, -0.25) is 14.4 Å². The van der Waals surface area contributed by atoms with Crippen LogP contribution >= 0.6 is 0 Å². The Hall–Kier alpha value is -2.68. The van der Waals surface area contributed by atoms with E-state index in [-0.39, 0.29) is 6.42 Å². The van der Waals surface area contributed by atoms with Crippen molar-refractivity contribution in [1.29, 1.82) is 0 Å². The van der Waals surface area contributed by atoms with Crippen molar-refractivity contribution in [3.8, 4) is 0 Å². The predicted molar refractivity (Wildman–Crippen MR) is 73.3 cm³/mol. The summed E-state index contributed by atoms with van der Waals surface area (Å²) in [5.74, 6) is -8.29. The molecule has 1 aliphatic rings. The molecule has 0 fully saturated rings. The Morgan fingerprint density at radius 3 is 2.13 bits per heavy atom. The molecule has 23 heavy (non-hydrogen) atoms. The molecule has 0 heterocycles. The van der Waals surface area contributed by atoms with E-state index in [4.69, 9.17) is 14.9 Å². The summed E-state index contributed by atoms with van der Waals surface area (Å²) < 4.78 is 4.87. The predicted octanol–water partition coefficient (Wildman–Crippen LogP) is -0.349. The number of hydrogen-bond acceptors (Lipinski definition) is 6. The number of rotatable bonds is 8. The lowest BCUT2D eigenvalue weighted by molar-refractivity contribution is -0.155. The van der Waals surface area contributed by atoms with Crippen molar-refractivity contribution in [2.24, 2.45) is 11.8 Å². The van der Waals surface area contributed by atoms with Gasteiger partial charge >= 0.3 is 17.9 Å². The fourth-order valence-electron chi connectivity index (χ4n) is 2.21. The molecule has 126 valence electrons. The number of allylic oxidation sites excluding steroid dienone is 1. The number of ether oxygens (including phenoxy) is 1. The van der Waals surface area contributed by atoms with Crippen molar-refractivity contribution in [1.82, 2.24) is 0 Å². The maximum Gasteiger partial charge on any atom is 0.370 e. The molecule has 9 heteroatoms. The number of carboxylic acids is 3. The van der Waals surface area contributed by atoms with Gasteiger partial charge in [0.1, 0.15) is 18.0 Å². The molecule has 0 bridgehead atoms. The third-order valence-electron chi connectivity index (χ3n) is 3.36. The average Bonchev–Trinajstić information content (AvgIpc) is 2.45. The Morgan fingerprint density at radius 1 is 1.04 bits per heavy atom. The van der Waals surface area contributed by atoms with Gasteiger partial charge in [-0.2, -0.15) is 0 Å². The van der Waals surface area contributed by atoms with E-state index in [1.54, 1.807) is 0 Å². The molecule has 0 saturated carbocycles. The first-order valence-electron chi connectivity index (χ1n) is 6.57. The van der Waals surface area contributed by atoms with Gasteiger partial charge in [0.2, 0.25) is 0 Å². The zero-order chi connectivity index (χ0) is 17.7. The molecule has 0 aromatic rings. The molecule has 0 amide bonds. The Kier molecular flexibility index (Phi) is 6.02. The second-order valence-corrected chi connectivity index (χ2v) is 4.94. The number of hydrogen-bond donors (Lipinski definition) is 4. The van der Waals surface area contributed by atoms with Gasteiger partial charge in [0.05, 0.1) is 18.3 Å². The lowest BCUT2D eigenvalue weighted by Crippen LogP contribution is -2.47. The highest BCUT2D eigenvalue weighted by atomic mass is 16.5. The van der Waals surface area contributed by atoms with Crippen LogP contribution in [0.4, 0.5) is 0 Å². The topological polar surface area (TPSA) is 158 Å². The summed E-state index contributed by atoms with van der Waals surface area (Å²) in [6, 6.07) is 0. The monoisotopic (exact) mass is 328 g/mol. The maximum absolute atomic E-state index is 12.0. The zero-order valence-electron chi connectivity index (χ0n) is 11.9. The fourth-order valence-corrected chi connectivity index (χ4v) is 2.21. The minimum Gasteiger partial charge on any atom is -0.481 e. The van der Waals surface area contributed by atoms with E-state index in [0.29, 0.717) is 0 Å². The normalized spacial score (nSPS) is 26.3. The molecule has 0 aliphatic heterocycles. The highest BCUT2D eigenvalue weighted by molar-refractivity contribution is 5.90. The Morgan fingerprint density at radius 2 is 1.65 bits per heavy atom. The molecule has 0 aromatic carbocycles. The molecule has 0 radical (unpaired) electrons. The van der Waals surface area contributed by atoms with Crippen molar-refractivity contribution in [3.63, 3.8) is 0 Å². The minimum atomic E-state index is -1.69. The molecule has 0 aromatic heterocycles. The first-order chi connectivity index (χ1) is 10.6. The number of carboxylic acid groups (broad SMARTS) is 3. The molecule has 9 nitrogen and oxygen atoms in total. The maximum atomic E-state index is 12.0. The molecule has 0 saturated heterocycles. The van der Waals surface area contributed by atoms with Gasteiger partial charge in [0, 0.05) is 6.42 Å². The number of aliphatic carboxylic acids is 3. The first kappa shape index (κ1) is 18.4. The van der Waals surface area contributed by atoms with Crippen LogP contribution in [0.15, 0.2) is 24.5 Å². The van der Waals surface area contributed by atoms with Crippen LogP contribution in [-0.4, -0.2) is 56.3 Å². The lowest BCUT2D eigenvalue weighted by atomic mass is 9.77. The SMILES string of the molecule is C=C(O[C@H]1C=CC(C(=O)CCC(=O)O)[C@@H](C(=O)O)[C@@H]1O)C(=O)O. The van der Waals surface area contributed by atoms with E-state index in [1.165, 1.54) is 12.2 Å². The van der Waals surface area contributed by atoms with Crippen LogP contribution in [0.25, 0.3) is 0 Å². The van der Waals surface area contributed by atoms with Gasteiger partial charge in [-0.05, 0) is 12.7 Å². The number of aliphatic hydroxyl groups is 1. The average molecular weight is 328 g/mol. The Balaban J connectivity index is 2.95. The van der Waals surface area contributed by atoms with E-state index in [2.05, 4.69) is 6.58 Å². The third-order valence-corrected chi connectivity index (χ3v) is 3.36. The van der Waals surface area contributed by atoms with Crippen molar-refractivity contribution in [3.05, 3.63) is 24.5 Å². The van der Waals surface area contributed by atoms with Crippen molar-refractivity contribution >= 4 is 23.7 Å². The first-order valence-corrected chi connectivity index (χ1v) is 6.57. The minimum absolute atomic E-state index is 0.381. The van der Waals surface area contributed by atoms with Crippen molar-refractivity contribution in [2.45, 2.75) is 25.0 Å². The molecule has 1 aliphatic carbocycles. The summed E-state index contributed by atoms with van der Waals surface area (Å²) in [5.41, 5.74) is 0. The van der Waals surface area contributed by atoms with Crippen molar-refractivity contribution < 1.29 is 44.3 Å². The van der Waals surface area contributed by atoms with Crippen molar-refractivity contribution in [2.75, 3.05) is 0 Å². The quantitative estimate of drug-likeness (QED) is 0.265. The molecule has 0 spiro atoms. The van der Waals surface area contributed by atoms with Gasteiger partial charge in [0.25, 0.3) is 0 Å². The number of carbonyl (C=O) groups is 4. The van der Waals surface area contributed by atoms with E-state index < -0.39 is 59.9 Å². The third kappa shape index (κ3) is 4.65. The number of aliphatic hydroxyl groups excluding tert-OH is 1. The van der Waals surface area contributed by atoms with Gasteiger partial charge in [0.15, 0.2) is 5.76 Å². The van der Waals surface area contributed by atoms with Crippen LogP contribution in [0.5, 0.6) is 0 Å². The summed E-state index contributed by atoms with van der Waals surface area (Å²) in [5, 5.41) is 36.5. The summed E-state index contributed by atoms with van der Waals surface area (Å²) in [6.07, 6.45) is -1.47. The van der Waals surface area contributed by atoms with Gasteiger partial charge in [-0.15, -0.1) is 0 Å². The number of carbonyl (C=O) groups excluding carboxylic acids is 1. The van der Waals surface area contributed by atoms with E-state index >= 15 is 0 Å². The summed E-state index contributed by atoms with van der Waals surface area (Å²) in [4.78, 5) is 44.4. The van der Waals surface area contributed by atoms with Crippen LogP contribution in [0.2, 0.25) is 0 Å². The second kappa shape index (κ2) is 7.54. The largest absolute Gasteiger partial charge is 0.481 e. The van der Waals surface area contributed by atoms with Gasteiger partial charge in [-0.25, -0.2) is 4.79 Å². The number of ketones is 1. The summed E-state index contributed by atoms with van der Waals surface area (Å²) in [6.45, 7) is 3.11. The van der Waals surface area contributed by atoms with Crippen LogP contribution in [0, 0.1) is 11.8 Å². The molecular formula is C14H16O9. The highest BCUT2D eigenvalue weighted by Crippen LogP contribution is 2.30. The highest BCUT2D eigenvalue weighted by Gasteiger charge is 2.44. The van der Waals surface area contributed by atoms with Crippen LogP contribution < -0.4 is 0 Å². The summed E-state index contributed by atoms with van der Waals surface area (Å²) in [7, 11) is 0. The smallest absolute Gasteiger partial charge is 0.370 e. The fraction of sp³-hybridized carbons (Fsp3) is 0.429. The van der Waals surface area contributed by atoms with Crippen LogP contribution in [0.1, 0.15) is 12.8 Å². The van der Waals surface area contributed by atoms with Gasteiger partial charge in [-0.1, -0.05) is 6.08 Å². The standard InChI is InChI=1S/C14H16O9/c1-6(13(19)20)23-9-4-2-7(8(15)3-5-10(16)17)11(12(9)18)14(21)22/h2,4,7,9,11-12,18H,1,3,5H2,(H,16,17)(H,19,20)(H,21,22)/t7?,9-,11+,12+/m0/s1. The van der Waals surface area contributed by atoms with E-state index in [0.717, 1.165) is 0 Å². The zero-order valence-corrected chi connectivity index (χ0v) is 11.9. The van der Waals surface area contributed by atoms with Crippen LogP contribution in [0.3, 0.4) is 0 Å². The molecule has 4 atom stereocenters. The van der Waals surface area contributed by atoms with Gasteiger partial charge < -0.3 is 25.2 Å². The number of Topliss-reactive ketones (excluding diaryl/α,β-unsaturated/α-hetero) is 1. The Labute approximate surface area is 130 Å². The lowest BCUT2D eigenvalue weighted by Gasteiger charge is -2.33. The van der Waals surface area contributed by atoms with Crippen LogP contribution in [-0.2, 0) is 23.9 Å². The second-order valence-electron chi connectivity index (χ2n) is 4.94.